The molecule has 0 radical (unpaired) electrons. The summed E-state index contributed by atoms with van der Waals surface area (Å²) in [6.45, 7) is 2.22. The number of aromatic nitrogens is 3. The number of hydrogen-bond donors (Lipinski definition) is 1. The van der Waals surface area contributed by atoms with E-state index in [0.717, 1.165) is 20.1 Å². The fourth-order valence-corrected chi connectivity index (χ4v) is 4.29. The van der Waals surface area contributed by atoms with Gasteiger partial charge in [-0.3, -0.25) is 4.79 Å². The molecule has 3 heterocycles. The lowest BCUT2D eigenvalue weighted by Crippen LogP contribution is -2.46. The molecule has 0 spiro atoms. The molecule has 1 saturated heterocycles. The van der Waals surface area contributed by atoms with Crippen molar-refractivity contribution in [2.75, 3.05) is 7.11 Å². The molecule has 0 saturated carbocycles. The molecule has 4 rings (SSSR count). The van der Waals surface area contributed by atoms with Crippen molar-refractivity contribution in [2.24, 2.45) is 13.0 Å². The summed E-state index contributed by atoms with van der Waals surface area (Å²) < 4.78 is 82.2. The van der Waals surface area contributed by atoms with Crippen LogP contribution in [0.15, 0.2) is 29.2 Å². The number of fused-ring (bicyclic) bond motifs is 1. The molecule has 0 amide bonds. The molecule has 11 heteroatoms. The summed E-state index contributed by atoms with van der Waals surface area (Å²) in [5.74, 6) is -5.39. The molecule has 4 atom stereocenters. The Bertz CT molecular complexity index is 1250. The highest BCUT2D eigenvalue weighted by atomic mass is 19.4. The van der Waals surface area contributed by atoms with Crippen LogP contribution in [-0.4, -0.2) is 33.4 Å². The molecule has 32 heavy (non-hydrogen) atoms. The van der Waals surface area contributed by atoms with Crippen LogP contribution < -0.4 is 10.3 Å². The van der Waals surface area contributed by atoms with E-state index in [0.29, 0.717) is 5.52 Å². The number of aryl methyl sites for hydroxylation is 1. The minimum Gasteiger partial charge on any atom is -0.493 e. The van der Waals surface area contributed by atoms with Crippen molar-refractivity contribution < 1.29 is 31.4 Å². The van der Waals surface area contributed by atoms with Gasteiger partial charge in [-0.1, -0.05) is 13.0 Å². The van der Waals surface area contributed by atoms with Crippen molar-refractivity contribution in [2.45, 2.75) is 37.6 Å². The van der Waals surface area contributed by atoms with Gasteiger partial charge in [-0.25, -0.2) is 9.37 Å². The summed E-state index contributed by atoms with van der Waals surface area (Å²) >= 11 is 0. The highest BCUT2D eigenvalue weighted by Crippen LogP contribution is 2.59. The molecule has 0 aliphatic carbocycles. The van der Waals surface area contributed by atoms with Crippen LogP contribution in [0.25, 0.3) is 11.0 Å². The Balaban J connectivity index is 1.95. The minimum absolute atomic E-state index is 0.00485. The lowest BCUT2D eigenvalue weighted by Gasteiger charge is -2.32. The zero-order chi connectivity index (χ0) is 23.6. The number of halogens is 5. The maximum absolute atomic E-state index is 14.4. The van der Waals surface area contributed by atoms with Gasteiger partial charge in [-0.05, 0) is 19.1 Å². The number of H-pyrrole nitrogens is 1. The highest BCUT2D eigenvalue weighted by molar-refractivity contribution is 5.73. The zero-order valence-electron chi connectivity index (χ0n) is 17.6. The highest BCUT2D eigenvalue weighted by Gasteiger charge is 2.65. The first-order valence-corrected chi connectivity index (χ1v) is 9.72. The van der Waals surface area contributed by atoms with Crippen LogP contribution in [0.4, 0.5) is 22.0 Å². The molecular weight excluding hydrogens is 437 g/mol. The van der Waals surface area contributed by atoms with E-state index in [1.807, 2.05) is 0 Å². The Kier molecular flexibility index (Phi) is 5.07. The largest absolute Gasteiger partial charge is 0.493 e. The predicted octanol–water partition coefficient (Wildman–Crippen LogP) is 4.36. The van der Waals surface area contributed by atoms with Gasteiger partial charge < -0.3 is 19.0 Å². The summed E-state index contributed by atoms with van der Waals surface area (Å²) in [6.07, 6.45) is -4.62. The number of aromatic amines is 1. The fraction of sp³-hybridized carbons (Fsp3) is 0.429. The van der Waals surface area contributed by atoms with Crippen molar-refractivity contribution in [3.05, 3.63) is 57.8 Å². The molecule has 1 N–H and O–H groups in total. The van der Waals surface area contributed by atoms with Gasteiger partial charge >= 0.3 is 6.18 Å². The monoisotopic (exact) mass is 457 g/mol. The normalized spacial score (nSPS) is 26.1. The van der Waals surface area contributed by atoms with Crippen molar-refractivity contribution in [1.29, 1.82) is 0 Å². The summed E-state index contributed by atoms with van der Waals surface area (Å²) in [4.78, 5) is 19.5. The number of rotatable bonds is 3. The first-order valence-electron chi connectivity index (χ1n) is 9.72. The maximum atomic E-state index is 14.4. The topological polar surface area (TPSA) is 69.1 Å². The first-order chi connectivity index (χ1) is 14.9. The van der Waals surface area contributed by atoms with Crippen LogP contribution in [0, 0.1) is 17.6 Å². The lowest BCUT2D eigenvalue weighted by molar-refractivity contribution is -0.275. The molecule has 1 aliphatic rings. The van der Waals surface area contributed by atoms with Crippen molar-refractivity contribution in [3.8, 4) is 5.75 Å². The van der Waals surface area contributed by atoms with Gasteiger partial charge in [0.15, 0.2) is 22.7 Å². The molecule has 6 nitrogen and oxygen atoms in total. The Morgan fingerprint density at radius 2 is 1.94 bits per heavy atom. The number of benzene rings is 1. The SMILES string of the molecule is COc1c([C@H]2[C@H](c3nc4c(=O)n(C)ccc4[nH]3)O[C@@](C)(C(F)(F)F)[C@H]2C)ccc(F)c1F. The molecule has 2 aromatic heterocycles. The summed E-state index contributed by atoms with van der Waals surface area (Å²) in [6, 6.07) is 3.56. The van der Waals surface area contributed by atoms with Crippen LogP contribution in [0.5, 0.6) is 5.75 Å². The number of ether oxygens (including phenoxy) is 2. The smallest absolute Gasteiger partial charge is 0.417 e. The van der Waals surface area contributed by atoms with E-state index >= 15 is 0 Å². The van der Waals surface area contributed by atoms with Crippen LogP contribution in [0.3, 0.4) is 0 Å². The van der Waals surface area contributed by atoms with Gasteiger partial charge in [-0.2, -0.15) is 17.6 Å². The number of nitrogens with zero attached hydrogens (tertiary/aromatic N) is 2. The Hall–Kier alpha value is -2.95. The van der Waals surface area contributed by atoms with E-state index in [1.54, 1.807) is 6.07 Å². The third-order valence-corrected chi connectivity index (χ3v) is 6.32. The molecular formula is C21H20F5N3O3. The van der Waals surface area contributed by atoms with E-state index < -0.39 is 52.7 Å². The standard InChI is InChI=1S/C21H20F5N3O3/c1-9-13(10-5-6-11(22)14(23)16(10)31-4)17(32-20(9,2)21(24,25)26)18-27-12-7-8-29(3)19(30)15(12)28-18/h5-9,13,17H,1-4H3,(H,27,28)/t9-,13-,17+,20+/m0/s1. The predicted molar refractivity (Wildman–Crippen MR) is 104 cm³/mol. The molecule has 172 valence electrons. The zero-order valence-corrected chi connectivity index (χ0v) is 17.6. The van der Waals surface area contributed by atoms with E-state index in [-0.39, 0.29) is 16.9 Å². The minimum atomic E-state index is -4.77. The van der Waals surface area contributed by atoms with Crippen LogP contribution in [0.1, 0.15) is 37.3 Å². The Labute approximate surface area is 179 Å². The first kappa shape index (κ1) is 22.3. The van der Waals surface area contributed by atoms with Gasteiger partial charge in [-0.15, -0.1) is 0 Å². The van der Waals surface area contributed by atoms with Gasteiger partial charge in [0.25, 0.3) is 5.56 Å². The molecule has 1 fully saturated rings. The summed E-state index contributed by atoms with van der Waals surface area (Å²) in [5, 5.41) is 0. The summed E-state index contributed by atoms with van der Waals surface area (Å²) in [7, 11) is 2.62. The Morgan fingerprint density at radius 3 is 2.56 bits per heavy atom. The summed E-state index contributed by atoms with van der Waals surface area (Å²) in [5.41, 5.74) is -2.72. The van der Waals surface area contributed by atoms with Crippen molar-refractivity contribution >= 4 is 11.0 Å². The van der Waals surface area contributed by atoms with Crippen LogP contribution in [0.2, 0.25) is 0 Å². The van der Waals surface area contributed by atoms with Gasteiger partial charge in [0.1, 0.15) is 11.9 Å². The average molecular weight is 457 g/mol. The number of methoxy groups -OCH3 is 1. The molecule has 0 unspecified atom stereocenters. The quantitative estimate of drug-likeness (QED) is 0.594. The molecule has 3 aromatic rings. The molecule has 1 aromatic carbocycles. The van der Waals surface area contributed by atoms with Gasteiger partial charge in [0.2, 0.25) is 5.82 Å². The number of hydrogen-bond acceptors (Lipinski definition) is 4. The maximum Gasteiger partial charge on any atom is 0.417 e. The van der Waals surface area contributed by atoms with E-state index in [2.05, 4.69) is 9.97 Å². The van der Waals surface area contributed by atoms with Crippen LogP contribution in [-0.2, 0) is 11.8 Å². The van der Waals surface area contributed by atoms with Crippen molar-refractivity contribution in [3.63, 3.8) is 0 Å². The van der Waals surface area contributed by atoms with Crippen LogP contribution >= 0.6 is 0 Å². The number of imidazole rings is 1. The average Bonchev–Trinajstić information content (AvgIpc) is 3.27. The second-order valence-corrected chi connectivity index (χ2v) is 8.06. The second kappa shape index (κ2) is 7.29. The number of alkyl halides is 3. The second-order valence-electron chi connectivity index (χ2n) is 8.06. The van der Waals surface area contributed by atoms with E-state index in [9.17, 15) is 26.7 Å². The number of nitrogens with one attached hydrogen (secondary N) is 1. The third-order valence-electron chi connectivity index (χ3n) is 6.32. The van der Waals surface area contributed by atoms with E-state index in [1.165, 1.54) is 30.8 Å². The third kappa shape index (κ3) is 3.09. The van der Waals surface area contributed by atoms with Crippen molar-refractivity contribution in [1.82, 2.24) is 14.5 Å². The van der Waals surface area contributed by atoms with E-state index in [4.69, 9.17) is 9.47 Å². The molecule has 1 aliphatic heterocycles. The number of pyridine rings is 1. The van der Waals surface area contributed by atoms with Gasteiger partial charge in [0.05, 0.1) is 12.6 Å². The molecule has 0 bridgehead atoms. The lowest BCUT2D eigenvalue weighted by atomic mass is 9.77. The van der Waals surface area contributed by atoms with Gasteiger partial charge in [0, 0.05) is 30.6 Å². The Morgan fingerprint density at radius 1 is 1.25 bits per heavy atom. The fourth-order valence-electron chi connectivity index (χ4n) is 4.29.